The minimum absolute atomic E-state index is 0.0974. The molecule has 7 nitrogen and oxygen atoms in total. The molecule has 1 aliphatic heterocycles. The van der Waals surface area contributed by atoms with E-state index in [9.17, 15) is 4.79 Å². The second kappa shape index (κ2) is 6.83. The number of nitrogens with one attached hydrogen (secondary N) is 1. The van der Waals surface area contributed by atoms with E-state index in [0.717, 1.165) is 11.6 Å². The Morgan fingerprint density at radius 1 is 1.35 bits per heavy atom. The molecule has 1 saturated heterocycles. The number of piperazine rings is 1. The molecule has 2 aromatic rings. The van der Waals surface area contributed by atoms with Crippen LogP contribution in [0.4, 0.5) is 10.6 Å². The molecule has 0 spiro atoms. The molecule has 7 heteroatoms. The van der Waals surface area contributed by atoms with Gasteiger partial charge in [-0.2, -0.15) is 5.26 Å². The van der Waals surface area contributed by atoms with Crippen LogP contribution in [0.25, 0.3) is 0 Å². The number of nitriles is 1. The van der Waals surface area contributed by atoms with E-state index in [1.807, 2.05) is 6.07 Å². The zero-order valence-corrected chi connectivity index (χ0v) is 12.6. The van der Waals surface area contributed by atoms with Crippen LogP contribution >= 0.6 is 0 Å². The van der Waals surface area contributed by atoms with E-state index in [1.165, 1.54) is 0 Å². The van der Waals surface area contributed by atoms with Gasteiger partial charge in [-0.3, -0.25) is 0 Å². The van der Waals surface area contributed by atoms with E-state index in [-0.39, 0.29) is 6.03 Å². The average molecular weight is 311 g/mol. The normalized spacial score (nSPS) is 14.4. The molecule has 23 heavy (non-hydrogen) atoms. The first-order valence-corrected chi connectivity index (χ1v) is 7.42. The monoisotopic (exact) mass is 311 g/mol. The second-order valence-corrected chi connectivity index (χ2v) is 5.23. The lowest BCUT2D eigenvalue weighted by Gasteiger charge is -2.35. The van der Waals surface area contributed by atoms with Gasteiger partial charge in [0.2, 0.25) is 0 Å². The largest absolute Gasteiger partial charge is 0.467 e. The Hall–Kier alpha value is -3.01. The summed E-state index contributed by atoms with van der Waals surface area (Å²) in [6.07, 6.45) is 3.22. The number of hydrogen-bond acceptors (Lipinski definition) is 5. The lowest BCUT2D eigenvalue weighted by atomic mass is 10.2. The Morgan fingerprint density at radius 2 is 2.17 bits per heavy atom. The summed E-state index contributed by atoms with van der Waals surface area (Å²) in [5.41, 5.74) is 0.591. The van der Waals surface area contributed by atoms with Crippen molar-refractivity contribution in [3.63, 3.8) is 0 Å². The van der Waals surface area contributed by atoms with Crippen molar-refractivity contribution in [1.29, 1.82) is 5.26 Å². The fourth-order valence-corrected chi connectivity index (χ4v) is 2.49. The standard InChI is InChI=1S/C16H17N5O2/c17-11-13-3-4-18-15(10-13)20-5-7-21(8-6-20)16(22)19-12-14-2-1-9-23-14/h1-4,9-10H,5-8,12H2,(H,19,22). The topological polar surface area (TPSA) is 85.4 Å². The smallest absolute Gasteiger partial charge is 0.317 e. The van der Waals surface area contributed by atoms with Crippen LogP contribution in [0, 0.1) is 11.3 Å². The summed E-state index contributed by atoms with van der Waals surface area (Å²) in [5.74, 6) is 1.51. The third-order valence-electron chi connectivity index (χ3n) is 3.76. The average Bonchev–Trinajstić information content (AvgIpc) is 3.13. The molecule has 3 rings (SSSR count). The molecule has 3 heterocycles. The summed E-state index contributed by atoms with van der Waals surface area (Å²) in [5, 5.41) is 11.8. The fourth-order valence-electron chi connectivity index (χ4n) is 2.49. The minimum atomic E-state index is -0.0974. The number of hydrogen-bond donors (Lipinski definition) is 1. The van der Waals surface area contributed by atoms with E-state index < -0.39 is 0 Å². The highest BCUT2D eigenvalue weighted by Crippen LogP contribution is 2.14. The number of furan rings is 1. The van der Waals surface area contributed by atoms with Crippen molar-refractivity contribution in [2.24, 2.45) is 0 Å². The van der Waals surface area contributed by atoms with Crippen LogP contribution in [-0.4, -0.2) is 42.1 Å². The van der Waals surface area contributed by atoms with Crippen molar-refractivity contribution >= 4 is 11.8 Å². The number of pyridine rings is 1. The highest BCUT2D eigenvalue weighted by molar-refractivity contribution is 5.74. The molecule has 1 N–H and O–H groups in total. The van der Waals surface area contributed by atoms with Crippen molar-refractivity contribution in [2.45, 2.75) is 6.54 Å². The molecule has 1 fully saturated rings. The molecular formula is C16H17N5O2. The number of anilines is 1. The van der Waals surface area contributed by atoms with Crippen LogP contribution in [0.15, 0.2) is 41.1 Å². The lowest BCUT2D eigenvalue weighted by molar-refractivity contribution is 0.193. The molecule has 1 aliphatic rings. The molecule has 0 atom stereocenters. The molecule has 0 unspecified atom stereocenters. The van der Waals surface area contributed by atoms with Crippen LogP contribution in [0.3, 0.4) is 0 Å². The van der Waals surface area contributed by atoms with Crippen molar-refractivity contribution in [3.05, 3.63) is 48.0 Å². The Labute approximate surface area is 134 Å². The van der Waals surface area contributed by atoms with E-state index in [1.54, 1.807) is 35.6 Å². The molecule has 0 radical (unpaired) electrons. The number of amides is 2. The number of rotatable bonds is 3. The highest BCUT2D eigenvalue weighted by Gasteiger charge is 2.21. The third kappa shape index (κ3) is 3.61. The fraction of sp³-hybridized carbons (Fsp3) is 0.312. The SMILES string of the molecule is N#Cc1ccnc(N2CCN(C(=O)NCc3ccco3)CC2)c1. The number of urea groups is 1. The highest BCUT2D eigenvalue weighted by atomic mass is 16.3. The van der Waals surface area contributed by atoms with Gasteiger partial charge in [-0.1, -0.05) is 0 Å². The van der Waals surface area contributed by atoms with Gasteiger partial charge in [0.25, 0.3) is 0 Å². The maximum Gasteiger partial charge on any atom is 0.317 e. The predicted molar refractivity (Wildman–Crippen MR) is 83.7 cm³/mol. The Morgan fingerprint density at radius 3 is 2.87 bits per heavy atom. The maximum absolute atomic E-state index is 12.1. The van der Waals surface area contributed by atoms with Crippen LogP contribution in [0.1, 0.15) is 11.3 Å². The van der Waals surface area contributed by atoms with Gasteiger partial charge in [-0.25, -0.2) is 9.78 Å². The van der Waals surface area contributed by atoms with Crippen LogP contribution in [-0.2, 0) is 6.54 Å². The first-order chi connectivity index (χ1) is 11.3. The van der Waals surface area contributed by atoms with Crippen LogP contribution < -0.4 is 10.2 Å². The zero-order valence-electron chi connectivity index (χ0n) is 12.6. The quantitative estimate of drug-likeness (QED) is 0.930. The molecule has 118 valence electrons. The molecular weight excluding hydrogens is 294 g/mol. The Kier molecular flexibility index (Phi) is 4.43. The Bertz CT molecular complexity index is 700. The summed E-state index contributed by atoms with van der Waals surface area (Å²) in [7, 11) is 0. The summed E-state index contributed by atoms with van der Waals surface area (Å²) >= 11 is 0. The van der Waals surface area contributed by atoms with Gasteiger partial charge >= 0.3 is 6.03 Å². The molecule has 0 aromatic carbocycles. The Balaban J connectivity index is 1.51. The summed E-state index contributed by atoms with van der Waals surface area (Å²) in [6, 6.07) is 9.09. The molecule has 0 saturated carbocycles. The molecule has 0 bridgehead atoms. The van der Waals surface area contributed by atoms with Gasteiger partial charge in [-0.15, -0.1) is 0 Å². The van der Waals surface area contributed by atoms with Crippen LogP contribution in [0.2, 0.25) is 0 Å². The molecule has 2 aromatic heterocycles. The molecule has 0 aliphatic carbocycles. The number of nitrogens with zero attached hydrogens (tertiary/aromatic N) is 4. The van der Waals surface area contributed by atoms with Gasteiger partial charge in [-0.05, 0) is 24.3 Å². The first-order valence-electron chi connectivity index (χ1n) is 7.42. The van der Waals surface area contributed by atoms with E-state index in [4.69, 9.17) is 9.68 Å². The summed E-state index contributed by atoms with van der Waals surface area (Å²) in [6.45, 7) is 2.99. The van der Waals surface area contributed by atoms with Gasteiger partial charge in [0, 0.05) is 32.4 Å². The van der Waals surface area contributed by atoms with E-state index in [2.05, 4.69) is 21.3 Å². The molecule has 2 amide bonds. The first kappa shape index (κ1) is 14.9. The van der Waals surface area contributed by atoms with Crippen molar-refractivity contribution in [3.8, 4) is 6.07 Å². The van der Waals surface area contributed by atoms with Crippen LogP contribution in [0.5, 0.6) is 0 Å². The third-order valence-corrected chi connectivity index (χ3v) is 3.76. The van der Waals surface area contributed by atoms with Gasteiger partial charge in [0.15, 0.2) is 0 Å². The van der Waals surface area contributed by atoms with E-state index >= 15 is 0 Å². The van der Waals surface area contributed by atoms with Crippen molar-refractivity contribution < 1.29 is 9.21 Å². The second-order valence-electron chi connectivity index (χ2n) is 5.23. The lowest BCUT2D eigenvalue weighted by Crippen LogP contribution is -2.51. The predicted octanol–water partition coefficient (Wildman–Crippen LogP) is 1.58. The number of carbonyl (C=O) groups excluding carboxylic acids is 1. The minimum Gasteiger partial charge on any atom is -0.467 e. The van der Waals surface area contributed by atoms with Crippen molar-refractivity contribution in [2.75, 3.05) is 31.1 Å². The van der Waals surface area contributed by atoms with Crippen molar-refractivity contribution in [1.82, 2.24) is 15.2 Å². The van der Waals surface area contributed by atoms with Gasteiger partial charge in [0.1, 0.15) is 11.6 Å². The van der Waals surface area contributed by atoms with E-state index in [0.29, 0.717) is 38.3 Å². The number of aromatic nitrogens is 1. The van der Waals surface area contributed by atoms with Gasteiger partial charge in [0.05, 0.1) is 24.4 Å². The number of carbonyl (C=O) groups is 1. The maximum atomic E-state index is 12.1. The summed E-state index contributed by atoms with van der Waals surface area (Å²) in [4.78, 5) is 20.3. The van der Waals surface area contributed by atoms with Gasteiger partial charge < -0.3 is 19.5 Å². The zero-order chi connectivity index (χ0) is 16.1. The summed E-state index contributed by atoms with van der Waals surface area (Å²) < 4.78 is 5.19.